The van der Waals surface area contributed by atoms with E-state index in [0.717, 1.165) is 16.9 Å². The molecule has 5 rings (SSSR count). The molecule has 2 aliphatic heterocycles. The number of hydrogen-bond donors (Lipinski definition) is 1. The van der Waals surface area contributed by atoms with Crippen LogP contribution in [0.2, 0.25) is 0 Å². The summed E-state index contributed by atoms with van der Waals surface area (Å²) in [5.74, 6) is 0.0524. The lowest BCUT2D eigenvalue weighted by molar-refractivity contribution is -0.132. The monoisotopic (exact) mass is 515 g/mol. The Morgan fingerprint density at radius 1 is 0.974 bits per heavy atom. The minimum Gasteiger partial charge on any atom is -0.507 e. The second-order valence-corrected chi connectivity index (χ2v) is 9.42. The number of carbonyl (C=O) groups excluding carboxylic acids is 2. The van der Waals surface area contributed by atoms with E-state index in [-0.39, 0.29) is 17.4 Å². The van der Waals surface area contributed by atoms with E-state index in [2.05, 4.69) is 0 Å². The highest BCUT2D eigenvalue weighted by atomic mass is 16.5. The smallest absolute Gasteiger partial charge is 0.300 e. The van der Waals surface area contributed by atoms with Crippen molar-refractivity contribution in [3.8, 4) is 23.0 Å². The Bertz CT molecular complexity index is 1450. The molecule has 0 bridgehead atoms. The molecular formula is C30H29NO7. The molecule has 1 amide bonds. The van der Waals surface area contributed by atoms with Gasteiger partial charge in [0, 0.05) is 17.7 Å². The number of anilines is 1. The van der Waals surface area contributed by atoms with Crippen LogP contribution in [0.15, 0.2) is 60.2 Å². The lowest BCUT2D eigenvalue weighted by atomic mass is 9.93. The molecule has 8 heteroatoms. The number of methoxy groups -OCH3 is 3. The highest BCUT2D eigenvalue weighted by Gasteiger charge is 2.47. The third-order valence-electron chi connectivity index (χ3n) is 6.90. The van der Waals surface area contributed by atoms with Crippen LogP contribution < -0.4 is 23.8 Å². The fraction of sp³-hybridized carbons (Fsp3) is 0.267. The highest BCUT2D eigenvalue weighted by molar-refractivity contribution is 6.51. The molecule has 3 aromatic rings. The van der Waals surface area contributed by atoms with E-state index in [1.807, 2.05) is 32.0 Å². The normalized spacial score (nSPS) is 19.8. The molecule has 2 heterocycles. The molecule has 0 spiro atoms. The number of aliphatic hydroxyl groups excluding tert-OH is 1. The van der Waals surface area contributed by atoms with Gasteiger partial charge in [-0.15, -0.1) is 0 Å². The molecule has 196 valence electrons. The second-order valence-electron chi connectivity index (χ2n) is 9.42. The fourth-order valence-corrected chi connectivity index (χ4v) is 5.18. The van der Waals surface area contributed by atoms with Crippen molar-refractivity contribution in [1.29, 1.82) is 0 Å². The topological polar surface area (TPSA) is 94.5 Å². The maximum atomic E-state index is 13.6. The summed E-state index contributed by atoms with van der Waals surface area (Å²) in [5, 5.41) is 11.6. The Kier molecular flexibility index (Phi) is 6.48. The number of aryl methyl sites for hydroxylation is 1. The van der Waals surface area contributed by atoms with E-state index < -0.39 is 17.7 Å². The summed E-state index contributed by atoms with van der Waals surface area (Å²) in [4.78, 5) is 28.5. The number of nitrogens with zero attached hydrogens (tertiary/aromatic N) is 1. The predicted molar refractivity (Wildman–Crippen MR) is 142 cm³/mol. The van der Waals surface area contributed by atoms with Crippen LogP contribution in [0.4, 0.5) is 5.69 Å². The molecule has 0 saturated carbocycles. The number of aliphatic hydroxyl groups is 1. The first-order valence-electron chi connectivity index (χ1n) is 12.2. The van der Waals surface area contributed by atoms with Crippen LogP contribution in [0, 0.1) is 6.92 Å². The number of benzene rings is 3. The van der Waals surface area contributed by atoms with Crippen molar-refractivity contribution in [2.45, 2.75) is 32.4 Å². The minimum atomic E-state index is -0.950. The summed E-state index contributed by atoms with van der Waals surface area (Å²) < 4.78 is 22.4. The third kappa shape index (κ3) is 4.12. The Balaban J connectivity index is 1.75. The molecule has 2 unspecified atom stereocenters. The van der Waals surface area contributed by atoms with E-state index >= 15 is 0 Å². The lowest BCUT2D eigenvalue weighted by Crippen LogP contribution is -2.29. The first kappa shape index (κ1) is 25.2. The molecule has 0 radical (unpaired) electrons. The zero-order chi connectivity index (χ0) is 27.1. The number of rotatable bonds is 6. The summed E-state index contributed by atoms with van der Waals surface area (Å²) in [7, 11) is 4.48. The highest BCUT2D eigenvalue weighted by Crippen LogP contribution is 2.47. The van der Waals surface area contributed by atoms with Crippen molar-refractivity contribution in [2.75, 3.05) is 26.2 Å². The van der Waals surface area contributed by atoms with Crippen LogP contribution in [0.25, 0.3) is 5.76 Å². The fourth-order valence-electron chi connectivity index (χ4n) is 5.18. The predicted octanol–water partition coefficient (Wildman–Crippen LogP) is 4.97. The molecule has 2 aliphatic rings. The van der Waals surface area contributed by atoms with Crippen LogP contribution in [-0.4, -0.2) is 44.2 Å². The molecule has 1 saturated heterocycles. The van der Waals surface area contributed by atoms with Crippen LogP contribution in [0.3, 0.4) is 0 Å². The molecule has 0 aliphatic carbocycles. The van der Waals surface area contributed by atoms with Gasteiger partial charge < -0.3 is 24.1 Å². The Morgan fingerprint density at radius 2 is 1.68 bits per heavy atom. The number of fused-ring (bicyclic) bond motifs is 1. The summed E-state index contributed by atoms with van der Waals surface area (Å²) in [6.45, 7) is 3.87. The van der Waals surface area contributed by atoms with Crippen LogP contribution in [-0.2, 0) is 16.0 Å². The van der Waals surface area contributed by atoms with Gasteiger partial charge in [0.15, 0.2) is 11.5 Å². The van der Waals surface area contributed by atoms with Gasteiger partial charge in [0.1, 0.15) is 17.6 Å². The maximum absolute atomic E-state index is 13.6. The van der Waals surface area contributed by atoms with Gasteiger partial charge in [-0.3, -0.25) is 14.5 Å². The Hall–Kier alpha value is -4.46. The number of amides is 1. The Morgan fingerprint density at radius 3 is 2.32 bits per heavy atom. The molecular weight excluding hydrogens is 486 g/mol. The van der Waals surface area contributed by atoms with Crippen molar-refractivity contribution in [2.24, 2.45) is 0 Å². The van der Waals surface area contributed by atoms with E-state index in [9.17, 15) is 14.7 Å². The van der Waals surface area contributed by atoms with E-state index in [1.54, 1.807) is 36.4 Å². The van der Waals surface area contributed by atoms with Crippen LogP contribution in [0.5, 0.6) is 23.0 Å². The van der Waals surface area contributed by atoms with Crippen molar-refractivity contribution in [3.05, 3.63) is 82.4 Å². The zero-order valence-corrected chi connectivity index (χ0v) is 21.9. The van der Waals surface area contributed by atoms with Crippen molar-refractivity contribution in [3.63, 3.8) is 0 Å². The summed E-state index contributed by atoms with van der Waals surface area (Å²) in [5.41, 5.74) is 3.29. The van der Waals surface area contributed by atoms with Gasteiger partial charge >= 0.3 is 0 Å². The van der Waals surface area contributed by atoms with E-state index in [4.69, 9.17) is 18.9 Å². The molecule has 38 heavy (non-hydrogen) atoms. The first-order chi connectivity index (χ1) is 18.3. The summed E-state index contributed by atoms with van der Waals surface area (Å²) in [6.07, 6.45) is 0.707. The quantitative estimate of drug-likeness (QED) is 0.281. The van der Waals surface area contributed by atoms with Crippen LogP contribution >= 0.6 is 0 Å². The van der Waals surface area contributed by atoms with Crippen molar-refractivity contribution >= 4 is 23.1 Å². The molecule has 1 N–H and O–H groups in total. The van der Waals surface area contributed by atoms with Gasteiger partial charge in [0.2, 0.25) is 5.75 Å². The number of ether oxygens (including phenoxy) is 4. The van der Waals surface area contributed by atoms with Crippen molar-refractivity contribution in [1.82, 2.24) is 0 Å². The third-order valence-corrected chi connectivity index (χ3v) is 6.90. The second kappa shape index (κ2) is 9.78. The van der Waals surface area contributed by atoms with Gasteiger partial charge in [0.25, 0.3) is 11.7 Å². The van der Waals surface area contributed by atoms with E-state index in [0.29, 0.717) is 40.5 Å². The van der Waals surface area contributed by atoms with Gasteiger partial charge in [-0.25, -0.2) is 0 Å². The van der Waals surface area contributed by atoms with E-state index in [1.165, 1.54) is 26.2 Å². The molecule has 2 atom stereocenters. The number of ketones is 1. The number of carbonyl (C=O) groups is 2. The largest absolute Gasteiger partial charge is 0.507 e. The Labute approximate surface area is 221 Å². The van der Waals surface area contributed by atoms with Crippen LogP contribution in [0.1, 0.15) is 35.2 Å². The van der Waals surface area contributed by atoms with Gasteiger partial charge in [-0.1, -0.05) is 12.1 Å². The summed E-state index contributed by atoms with van der Waals surface area (Å²) >= 11 is 0. The molecule has 3 aromatic carbocycles. The molecule has 8 nitrogen and oxygen atoms in total. The average molecular weight is 516 g/mol. The minimum absolute atomic E-state index is 0.0218. The lowest BCUT2D eigenvalue weighted by Gasteiger charge is -2.27. The first-order valence-corrected chi connectivity index (χ1v) is 12.2. The maximum Gasteiger partial charge on any atom is 0.300 e. The standard InChI is InChI=1S/C30H29NO7/c1-16-7-6-8-21(11-16)31-26(20-14-23(35-3)29(37-5)24(15-20)36-4)25(28(33)30(31)34)27(32)18-9-10-22-19(13-18)12-17(2)38-22/h6-11,13-15,17,26,32H,12H2,1-5H3/b27-25+. The molecule has 0 aromatic heterocycles. The van der Waals surface area contributed by atoms with Crippen molar-refractivity contribution < 1.29 is 33.6 Å². The SMILES string of the molecule is COc1cc(C2/C(=C(\O)c3ccc4c(c3)CC(C)O4)C(=O)C(=O)N2c2cccc(C)c2)cc(OC)c1OC. The average Bonchev–Trinajstić information content (AvgIpc) is 3.42. The number of hydrogen-bond acceptors (Lipinski definition) is 7. The molecule has 1 fully saturated rings. The van der Waals surface area contributed by atoms with Gasteiger partial charge in [-0.2, -0.15) is 0 Å². The number of Topliss-reactive ketones (excluding diaryl/α,β-unsaturated/α-hetero) is 1. The van der Waals surface area contributed by atoms with Gasteiger partial charge in [-0.05, 0) is 73.0 Å². The van der Waals surface area contributed by atoms with Gasteiger partial charge in [0.05, 0.1) is 32.9 Å². The zero-order valence-electron chi connectivity index (χ0n) is 21.9. The summed E-state index contributed by atoms with van der Waals surface area (Å²) in [6, 6.07) is 15.0.